The molecular formula is C11H19Cl2N3. The van der Waals surface area contributed by atoms with Crippen LogP contribution in [0.1, 0.15) is 32.4 Å². The molecule has 92 valence electrons. The molecule has 0 spiro atoms. The number of nitrogens with zero attached hydrogens (tertiary/aromatic N) is 2. The van der Waals surface area contributed by atoms with Crippen LogP contribution in [-0.2, 0) is 13.6 Å². The predicted molar refractivity (Wildman–Crippen MR) is 69.0 cm³/mol. The lowest BCUT2D eigenvalue weighted by molar-refractivity contribution is 0.523. The molecule has 0 atom stereocenters. The van der Waals surface area contributed by atoms with Crippen LogP contribution in [0.4, 0.5) is 0 Å². The van der Waals surface area contributed by atoms with Crippen molar-refractivity contribution in [2.24, 2.45) is 13.0 Å². The number of nitrogens with one attached hydrogen (secondary N) is 1. The third-order valence-electron chi connectivity index (χ3n) is 2.54. The standard InChI is InChI=1S/C11H19Cl2N3/c1-8(2)5-4-6-14-7-9-10(12)15-11(13)16(9)3/h8,14H,4-7H2,1-3H3. The number of hydrogen-bond acceptors (Lipinski definition) is 2. The zero-order valence-corrected chi connectivity index (χ0v) is 11.6. The van der Waals surface area contributed by atoms with Crippen molar-refractivity contribution in [3.05, 3.63) is 16.1 Å². The first-order valence-corrected chi connectivity index (χ1v) is 6.35. The van der Waals surface area contributed by atoms with Gasteiger partial charge < -0.3 is 9.88 Å². The van der Waals surface area contributed by atoms with Crippen LogP contribution in [0.15, 0.2) is 0 Å². The van der Waals surface area contributed by atoms with E-state index in [1.807, 2.05) is 7.05 Å². The summed E-state index contributed by atoms with van der Waals surface area (Å²) in [4.78, 5) is 3.99. The Hall–Kier alpha value is -0.250. The molecule has 0 aliphatic carbocycles. The average Bonchev–Trinajstić information content (AvgIpc) is 2.43. The van der Waals surface area contributed by atoms with Gasteiger partial charge in [0.15, 0.2) is 5.15 Å². The maximum absolute atomic E-state index is 5.96. The van der Waals surface area contributed by atoms with Crippen LogP contribution in [0.2, 0.25) is 10.4 Å². The van der Waals surface area contributed by atoms with Crippen molar-refractivity contribution < 1.29 is 0 Å². The van der Waals surface area contributed by atoms with Gasteiger partial charge in [-0.2, -0.15) is 0 Å². The fourth-order valence-corrected chi connectivity index (χ4v) is 2.01. The maximum Gasteiger partial charge on any atom is 0.204 e. The molecule has 0 aromatic carbocycles. The van der Waals surface area contributed by atoms with E-state index >= 15 is 0 Å². The number of imidazole rings is 1. The van der Waals surface area contributed by atoms with Crippen molar-refractivity contribution in [3.63, 3.8) is 0 Å². The normalized spacial score (nSPS) is 11.4. The van der Waals surface area contributed by atoms with Gasteiger partial charge in [-0.1, -0.05) is 25.4 Å². The van der Waals surface area contributed by atoms with E-state index in [-0.39, 0.29) is 0 Å². The lowest BCUT2D eigenvalue weighted by Gasteiger charge is -2.07. The molecule has 1 aromatic heterocycles. The summed E-state index contributed by atoms with van der Waals surface area (Å²) >= 11 is 11.8. The van der Waals surface area contributed by atoms with E-state index in [1.54, 1.807) is 4.57 Å². The fourth-order valence-electron chi connectivity index (χ4n) is 1.50. The second-order valence-electron chi connectivity index (χ2n) is 4.39. The Bertz CT molecular complexity index is 334. The first-order valence-electron chi connectivity index (χ1n) is 5.59. The number of halogens is 2. The average molecular weight is 264 g/mol. The summed E-state index contributed by atoms with van der Waals surface area (Å²) in [5, 5.41) is 4.27. The van der Waals surface area contributed by atoms with Crippen molar-refractivity contribution in [1.82, 2.24) is 14.9 Å². The summed E-state index contributed by atoms with van der Waals surface area (Å²) in [5.74, 6) is 0.761. The Labute approximate surface area is 107 Å². The highest BCUT2D eigenvalue weighted by Crippen LogP contribution is 2.18. The van der Waals surface area contributed by atoms with Gasteiger partial charge in [-0.3, -0.25) is 0 Å². The molecule has 1 N–H and O–H groups in total. The molecule has 0 saturated heterocycles. The van der Waals surface area contributed by atoms with E-state index < -0.39 is 0 Å². The van der Waals surface area contributed by atoms with Crippen molar-refractivity contribution in [2.45, 2.75) is 33.2 Å². The zero-order chi connectivity index (χ0) is 12.1. The molecule has 0 fully saturated rings. The quantitative estimate of drug-likeness (QED) is 0.799. The highest BCUT2D eigenvalue weighted by molar-refractivity contribution is 6.32. The minimum Gasteiger partial charge on any atom is -0.319 e. The SMILES string of the molecule is CC(C)CCCNCc1c(Cl)nc(Cl)n1C. The third-order valence-corrected chi connectivity index (χ3v) is 3.18. The van der Waals surface area contributed by atoms with E-state index in [0.717, 1.165) is 18.2 Å². The van der Waals surface area contributed by atoms with Gasteiger partial charge in [0, 0.05) is 13.6 Å². The van der Waals surface area contributed by atoms with Gasteiger partial charge in [0.05, 0.1) is 5.69 Å². The summed E-state index contributed by atoms with van der Waals surface area (Å²) in [5.41, 5.74) is 0.941. The maximum atomic E-state index is 5.96. The summed E-state index contributed by atoms with van der Waals surface area (Å²) in [6.07, 6.45) is 2.42. The monoisotopic (exact) mass is 263 g/mol. The smallest absolute Gasteiger partial charge is 0.204 e. The first kappa shape index (κ1) is 13.8. The van der Waals surface area contributed by atoms with Gasteiger partial charge in [0.1, 0.15) is 0 Å². The van der Waals surface area contributed by atoms with Crippen LogP contribution in [-0.4, -0.2) is 16.1 Å². The lowest BCUT2D eigenvalue weighted by Crippen LogP contribution is -2.17. The molecule has 1 aromatic rings. The second-order valence-corrected chi connectivity index (χ2v) is 5.09. The molecule has 0 radical (unpaired) electrons. The molecule has 3 nitrogen and oxygen atoms in total. The minimum absolute atomic E-state index is 0.434. The van der Waals surface area contributed by atoms with E-state index in [9.17, 15) is 0 Å². The van der Waals surface area contributed by atoms with Gasteiger partial charge in [-0.25, -0.2) is 4.98 Å². The van der Waals surface area contributed by atoms with Crippen LogP contribution >= 0.6 is 23.2 Å². The topological polar surface area (TPSA) is 29.9 Å². The van der Waals surface area contributed by atoms with Crippen molar-refractivity contribution in [3.8, 4) is 0 Å². The zero-order valence-electron chi connectivity index (χ0n) is 10.1. The molecule has 0 saturated carbocycles. The number of rotatable bonds is 6. The summed E-state index contributed by atoms with van der Waals surface area (Å²) in [7, 11) is 1.87. The minimum atomic E-state index is 0.434. The van der Waals surface area contributed by atoms with Gasteiger partial charge in [-0.15, -0.1) is 0 Å². The molecule has 0 unspecified atom stereocenters. The van der Waals surface area contributed by atoms with Gasteiger partial charge in [-0.05, 0) is 36.9 Å². The third kappa shape index (κ3) is 3.96. The fraction of sp³-hybridized carbons (Fsp3) is 0.727. The summed E-state index contributed by atoms with van der Waals surface area (Å²) in [6, 6.07) is 0. The van der Waals surface area contributed by atoms with E-state index in [0.29, 0.717) is 17.0 Å². The molecule has 0 aliphatic heterocycles. The molecule has 0 amide bonds. The van der Waals surface area contributed by atoms with E-state index in [2.05, 4.69) is 24.1 Å². The van der Waals surface area contributed by atoms with E-state index in [1.165, 1.54) is 12.8 Å². The largest absolute Gasteiger partial charge is 0.319 e. The molecule has 16 heavy (non-hydrogen) atoms. The Morgan fingerprint density at radius 2 is 2.06 bits per heavy atom. The summed E-state index contributed by atoms with van der Waals surface area (Å²) < 4.78 is 1.80. The Balaban J connectivity index is 2.32. The first-order chi connectivity index (χ1) is 7.52. The molecule has 1 rings (SSSR count). The van der Waals surface area contributed by atoms with Crippen molar-refractivity contribution in [1.29, 1.82) is 0 Å². The van der Waals surface area contributed by atoms with Crippen molar-refractivity contribution >= 4 is 23.2 Å². The molecule has 5 heteroatoms. The number of hydrogen-bond donors (Lipinski definition) is 1. The predicted octanol–water partition coefficient (Wildman–Crippen LogP) is 3.25. The van der Waals surface area contributed by atoms with Gasteiger partial charge in [0.2, 0.25) is 5.28 Å². The van der Waals surface area contributed by atoms with Gasteiger partial charge >= 0.3 is 0 Å². The molecule has 0 bridgehead atoms. The van der Waals surface area contributed by atoms with Crippen LogP contribution in [0.25, 0.3) is 0 Å². The Kier molecular flexibility index (Phi) is 5.59. The Morgan fingerprint density at radius 3 is 2.56 bits per heavy atom. The van der Waals surface area contributed by atoms with Crippen LogP contribution < -0.4 is 5.32 Å². The van der Waals surface area contributed by atoms with E-state index in [4.69, 9.17) is 23.2 Å². The second kappa shape index (κ2) is 6.48. The molecular weight excluding hydrogens is 245 g/mol. The highest BCUT2D eigenvalue weighted by Gasteiger charge is 2.10. The number of aromatic nitrogens is 2. The van der Waals surface area contributed by atoms with Crippen molar-refractivity contribution in [2.75, 3.05) is 6.54 Å². The molecule has 1 heterocycles. The van der Waals surface area contributed by atoms with Crippen LogP contribution in [0.5, 0.6) is 0 Å². The molecule has 0 aliphatic rings. The lowest BCUT2D eigenvalue weighted by atomic mass is 10.1. The van der Waals surface area contributed by atoms with Crippen LogP contribution in [0.3, 0.4) is 0 Å². The van der Waals surface area contributed by atoms with Gasteiger partial charge in [0.25, 0.3) is 0 Å². The highest BCUT2D eigenvalue weighted by atomic mass is 35.5. The van der Waals surface area contributed by atoms with Crippen LogP contribution in [0, 0.1) is 5.92 Å². The Morgan fingerprint density at radius 1 is 1.38 bits per heavy atom. The summed E-state index contributed by atoms with van der Waals surface area (Å²) in [6.45, 7) is 6.18.